The summed E-state index contributed by atoms with van der Waals surface area (Å²) in [5.74, 6) is -1.38. The molecule has 2 rings (SSSR count). The number of carboxylic acid groups (broad SMARTS) is 1. The van der Waals surface area contributed by atoms with Crippen molar-refractivity contribution in [2.24, 2.45) is 0 Å². The third-order valence-electron chi connectivity index (χ3n) is 3.02. The number of benzene rings is 1. The first-order valence-corrected chi connectivity index (χ1v) is 7.30. The molecule has 0 aliphatic heterocycles. The highest BCUT2D eigenvalue weighted by atomic mass is 32.1. The van der Waals surface area contributed by atoms with E-state index >= 15 is 0 Å². The molecule has 1 heterocycles. The lowest BCUT2D eigenvalue weighted by molar-refractivity contribution is -0.120. The molecule has 0 spiro atoms. The van der Waals surface area contributed by atoms with Crippen molar-refractivity contribution in [1.82, 2.24) is 5.32 Å². The highest BCUT2D eigenvalue weighted by Gasteiger charge is 2.14. The van der Waals surface area contributed by atoms with Gasteiger partial charge < -0.3 is 15.5 Å². The summed E-state index contributed by atoms with van der Waals surface area (Å²) in [6.07, 6.45) is -0.784. The van der Waals surface area contributed by atoms with Gasteiger partial charge in [0.1, 0.15) is 0 Å². The summed E-state index contributed by atoms with van der Waals surface area (Å²) in [7, 11) is 0. The molecule has 5 nitrogen and oxygen atoms in total. The van der Waals surface area contributed by atoms with E-state index in [4.69, 9.17) is 5.11 Å². The molecule has 0 bridgehead atoms. The second kappa shape index (κ2) is 7.01. The fourth-order valence-electron chi connectivity index (χ4n) is 1.91. The maximum Gasteiger partial charge on any atom is 0.335 e. The van der Waals surface area contributed by atoms with Gasteiger partial charge in [-0.3, -0.25) is 4.79 Å². The zero-order chi connectivity index (χ0) is 15.2. The summed E-state index contributed by atoms with van der Waals surface area (Å²) in [6.45, 7) is 0.102. The van der Waals surface area contributed by atoms with Crippen LogP contribution in [0, 0.1) is 0 Å². The molecule has 1 aromatic carbocycles. The molecule has 1 unspecified atom stereocenters. The van der Waals surface area contributed by atoms with E-state index in [2.05, 4.69) is 5.32 Å². The van der Waals surface area contributed by atoms with Crippen LogP contribution >= 0.6 is 11.3 Å². The average Bonchev–Trinajstić information content (AvgIpc) is 2.99. The van der Waals surface area contributed by atoms with Crippen LogP contribution < -0.4 is 5.32 Å². The minimum atomic E-state index is -1.06. The number of thiophene rings is 1. The molecule has 0 saturated heterocycles. The molecule has 2 aromatic rings. The monoisotopic (exact) mass is 305 g/mol. The van der Waals surface area contributed by atoms with Crippen LogP contribution in [0.5, 0.6) is 0 Å². The predicted molar refractivity (Wildman–Crippen MR) is 79.4 cm³/mol. The number of carboxylic acids is 1. The van der Waals surface area contributed by atoms with Crippen molar-refractivity contribution in [2.45, 2.75) is 12.5 Å². The largest absolute Gasteiger partial charge is 0.478 e. The fourth-order valence-corrected chi connectivity index (χ4v) is 2.62. The third kappa shape index (κ3) is 4.14. The summed E-state index contributed by atoms with van der Waals surface area (Å²) < 4.78 is 0. The van der Waals surface area contributed by atoms with Crippen molar-refractivity contribution >= 4 is 23.2 Å². The normalized spacial score (nSPS) is 11.9. The molecule has 1 atom stereocenters. The lowest BCUT2D eigenvalue weighted by Gasteiger charge is -2.11. The SMILES string of the molecule is O=C(Cc1ccccc1C(=O)O)NCC(O)c1ccsc1. The van der Waals surface area contributed by atoms with E-state index in [1.54, 1.807) is 24.3 Å². The van der Waals surface area contributed by atoms with E-state index in [0.717, 1.165) is 5.56 Å². The van der Waals surface area contributed by atoms with Crippen molar-refractivity contribution in [1.29, 1.82) is 0 Å². The van der Waals surface area contributed by atoms with Gasteiger partial charge in [0, 0.05) is 6.54 Å². The van der Waals surface area contributed by atoms with Crippen LogP contribution in [0.4, 0.5) is 0 Å². The molecule has 0 aliphatic rings. The molecule has 6 heteroatoms. The van der Waals surface area contributed by atoms with E-state index in [9.17, 15) is 14.7 Å². The van der Waals surface area contributed by atoms with Crippen molar-refractivity contribution in [3.63, 3.8) is 0 Å². The zero-order valence-corrected chi connectivity index (χ0v) is 12.0. The van der Waals surface area contributed by atoms with Gasteiger partial charge in [-0.1, -0.05) is 18.2 Å². The molecule has 21 heavy (non-hydrogen) atoms. The number of aliphatic hydroxyl groups is 1. The molecule has 0 radical (unpaired) electrons. The number of carbonyl (C=O) groups excluding carboxylic acids is 1. The molecular weight excluding hydrogens is 290 g/mol. The van der Waals surface area contributed by atoms with Crippen LogP contribution in [-0.2, 0) is 11.2 Å². The van der Waals surface area contributed by atoms with Crippen molar-refractivity contribution < 1.29 is 19.8 Å². The number of hydrogen-bond donors (Lipinski definition) is 3. The highest BCUT2D eigenvalue weighted by molar-refractivity contribution is 7.07. The van der Waals surface area contributed by atoms with Crippen LogP contribution in [0.2, 0.25) is 0 Å². The summed E-state index contributed by atoms with van der Waals surface area (Å²) >= 11 is 1.47. The Balaban J connectivity index is 1.92. The highest BCUT2D eigenvalue weighted by Crippen LogP contribution is 2.15. The first-order chi connectivity index (χ1) is 10.1. The molecule has 1 aromatic heterocycles. The van der Waals surface area contributed by atoms with Gasteiger partial charge in [0.05, 0.1) is 18.1 Å². The van der Waals surface area contributed by atoms with Gasteiger partial charge in [-0.15, -0.1) is 0 Å². The molecule has 1 amide bonds. The van der Waals surface area contributed by atoms with Crippen LogP contribution in [0.15, 0.2) is 41.1 Å². The molecule has 0 fully saturated rings. The van der Waals surface area contributed by atoms with Crippen LogP contribution in [-0.4, -0.2) is 28.6 Å². The van der Waals surface area contributed by atoms with Gasteiger partial charge in [-0.2, -0.15) is 11.3 Å². The second-order valence-electron chi connectivity index (χ2n) is 4.52. The minimum absolute atomic E-state index is 0.0289. The van der Waals surface area contributed by atoms with Crippen LogP contribution in [0.1, 0.15) is 27.6 Å². The summed E-state index contributed by atoms with van der Waals surface area (Å²) in [5, 5.41) is 25.2. The molecular formula is C15H15NO4S. The third-order valence-corrected chi connectivity index (χ3v) is 3.72. The molecule has 0 saturated carbocycles. The fraction of sp³-hybridized carbons (Fsp3) is 0.200. The van der Waals surface area contributed by atoms with Crippen molar-refractivity contribution in [2.75, 3.05) is 6.54 Å². The number of aliphatic hydroxyl groups excluding tert-OH is 1. The Morgan fingerprint density at radius 2 is 2.00 bits per heavy atom. The maximum absolute atomic E-state index is 11.8. The number of hydrogen-bond acceptors (Lipinski definition) is 4. The summed E-state index contributed by atoms with van der Waals surface area (Å²) in [6, 6.07) is 8.17. The number of aromatic carboxylic acids is 1. The number of amides is 1. The number of nitrogens with one attached hydrogen (secondary N) is 1. The Labute approximate surface area is 125 Å². The van der Waals surface area contributed by atoms with E-state index < -0.39 is 12.1 Å². The Morgan fingerprint density at radius 1 is 1.24 bits per heavy atom. The Morgan fingerprint density at radius 3 is 2.67 bits per heavy atom. The first-order valence-electron chi connectivity index (χ1n) is 6.36. The van der Waals surface area contributed by atoms with Gasteiger partial charge >= 0.3 is 5.97 Å². The predicted octanol–water partition coefficient (Wildman–Crippen LogP) is 1.84. The van der Waals surface area contributed by atoms with E-state index in [1.165, 1.54) is 17.4 Å². The summed E-state index contributed by atoms with van der Waals surface area (Å²) in [5.41, 5.74) is 1.32. The van der Waals surface area contributed by atoms with Crippen molar-refractivity contribution in [3.8, 4) is 0 Å². The maximum atomic E-state index is 11.8. The smallest absolute Gasteiger partial charge is 0.335 e. The standard InChI is InChI=1S/C15H15NO4S/c17-13(11-5-6-21-9-11)8-16-14(18)7-10-3-1-2-4-12(10)15(19)20/h1-6,9,13,17H,7-8H2,(H,16,18)(H,19,20). The topological polar surface area (TPSA) is 86.6 Å². The lowest BCUT2D eigenvalue weighted by Crippen LogP contribution is -2.30. The van der Waals surface area contributed by atoms with Gasteiger partial charge in [0.25, 0.3) is 0 Å². The molecule has 0 aliphatic carbocycles. The Hall–Kier alpha value is -2.18. The Bertz CT molecular complexity index is 624. The van der Waals surface area contributed by atoms with Crippen LogP contribution in [0.3, 0.4) is 0 Å². The lowest BCUT2D eigenvalue weighted by atomic mass is 10.0. The van der Waals surface area contributed by atoms with E-state index in [0.29, 0.717) is 5.56 Å². The van der Waals surface area contributed by atoms with Gasteiger partial charge in [0.2, 0.25) is 5.91 Å². The number of carbonyl (C=O) groups is 2. The zero-order valence-electron chi connectivity index (χ0n) is 11.2. The quantitative estimate of drug-likeness (QED) is 0.760. The number of rotatable bonds is 6. The van der Waals surface area contributed by atoms with Gasteiger partial charge in [-0.25, -0.2) is 4.79 Å². The molecule has 3 N–H and O–H groups in total. The van der Waals surface area contributed by atoms with Crippen molar-refractivity contribution in [3.05, 3.63) is 57.8 Å². The minimum Gasteiger partial charge on any atom is -0.478 e. The average molecular weight is 305 g/mol. The van der Waals surface area contributed by atoms with Gasteiger partial charge in [0.15, 0.2) is 0 Å². The van der Waals surface area contributed by atoms with Crippen LogP contribution in [0.25, 0.3) is 0 Å². The first kappa shape index (κ1) is 15.2. The van der Waals surface area contributed by atoms with Gasteiger partial charge in [-0.05, 0) is 34.0 Å². The molecule has 110 valence electrons. The van der Waals surface area contributed by atoms with E-state index in [1.807, 2.05) is 10.8 Å². The summed E-state index contributed by atoms with van der Waals surface area (Å²) in [4.78, 5) is 22.9. The van der Waals surface area contributed by atoms with E-state index in [-0.39, 0.29) is 24.4 Å². The Kier molecular flexibility index (Phi) is 5.08. The second-order valence-corrected chi connectivity index (χ2v) is 5.30.